The number of benzene rings is 3. The Morgan fingerprint density at radius 3 is 2.15 bits per heavy atom. The summed E-state index contributed by atoms with van der Waals surface area (Å²) in [5, 5.41) is 7.58. The lowest BCUT2D eigenvalue weighted by Crippen LogP contribution is -2.54. The molecule has 14 heteroatoms. The first-order valence-corrected chi connectivity index (χ1v) is 15.0. The molecule has 3 aromatic rings. The normalized spacial score (nSPS) is 19.6. The molecule has 0 radical (unpaired) electrons. The van der Waals surface area contributed by atoms with Gasteiger partial charge in [0.25, 0.3) is 0 Å². The molecule has 1 fully saturated rings. The van der Waals surface area contributed by atoms with E-state index in [9.17, 15) is 31.5 Å². The maximum atomic E-state index is 15.1. The lowest BCUT2D eigenvalue weighted by Gasteiger charge is -2.35. The summed E-state index contributed by atoms with van der Waals surface area (Å²) in [5.41, 5.74) is 7.90. The van der Waals surface area contributed by atoms with E-state index in [-0.39, 0.29) is 30.8 Å². The molecule has 254 valence electrons. The number of ether oxygens (including phenoxy) is 2. The van der Waals surface area contributed by atoms with Crippen molar-refractivity contribution >= 4 is 17.7 Å². The molecule has 1 heterocycles. The van der Waals surface area contributed by atoms with E-state index >= 15 is 4.39 Å². The summed E-state index contributed by atoms with van der Waals surface area (Å²) >= 11 is 0. The van der Waals surface area contributed by atoms with Crippen LogP contribution in [0.25, 0.3) is 0 Å². The predicted octanol–water partition coefficient (Wildman–Crippen LogP) is 5.56. The van der Waals surface area contributed by atoms with Gasteiger partial charge in [0.15, 0.2) is 0 Å². The maximum absolute atomic E-state index is 15.1. The molecule has 2 amide bonds. The highest BCUT2D eigenvalue weighted by atomic mass is 19.4. The molecule has 0 aliphatic carbocycles. The van der Waals surface area contributed by atoms with Crippen LogP contribution in [0.15, 0.2) is 66.7 Å². The highest BCUT2D eigenvalue weighted by Gasteiger charge is 2.38. The Hall–Kier alpha value is -4.14. The zero-order valence-electron chi connectivity index (χ0n) is 25.6. The highest BCUT2D eigenvalue weighted by Crippen LogP contribution is 2.30. The summed E-state index contributed by atoms with van der Waals surface area (Å²) in [6, 6.07) is 11.3. The number of halogens is 6. The second-order valence-electron chi connectivity index (χ2n) is 11.4. The average Bonchev–Trinajstić information content (AvgIpc) is 3.01. The van der Waals surface area contributed by atoms with Crippen LogP contribution < -0.4 is 21.7 Å². The van der Waals surface area contributed by atoms with Gasteiger partial charge in [-0.3, -0.25) is 4.79 Å². The molecule has 4 rings (SSSR count). The highest BCUT2D eigenvalue weighted by molar-refractivity contribution is 5.96. The van der Waals surface area contributed by atoms with Crippen LogP contribution in [-0.4, -0.2) is 61.7 Å². The second-order valence-corrected chi connectivity index (χ2v) is 11.4. The molecule has 5 N–H and O–H groups in total. The molecule has 3 aromatic carbocycles. The number of nitrogens with one attached hydrogen (secondary N) is 3. The molecule has 0 spiro atoms. The van der Waals surface area contributed by atoms with E-state index in [2.05, 4.69) is 10.6 Å². The first-order valence-electron chi connectivity index (χ1n) is 15.0. The lowest BCUT2D eigenvalue weighted by atomic mass is 9.85. The van der Waals surface area contributed by atoms with Crippen LogP contribution in [0.3, 0.4) is 0 Å². The standard InChI is InChI=1S/C33H36F6N4O4/c1-18-28(17-46-32(45)42-19(2)33(37,38)39)41-16-24(47-18)14-15-25-26(36)4-3-5-27(25)43-31(44)30(40)29(20-6-10-22(34)11-7-20)21-8-12-23(35)13-9-21/h3-13,18-19,24,28-30,41H,14-17,40H2,1-2H3,(H,42,45)(H,43,44)/t18-,19-,24+,28+,30?/m0/s1. The number of rotatable bonds is 11. The Morgan fingerprint density at radius 2 is 1.60 bits per heavy atom. The van der Waals surface area contributed by atoms with Crippen molar-refractivity contribution in [1.82, 2.24) is 10.6 Å². The average molecular weight is 667 g/mol. The minimum atomic E-state index is -4.60. The minimum absolute atomic E-state index is 0.162. The summed E-state index contributed by atoms with van der Waals surface area (Å²) in [6.07, 6.45) is -6.20. The fourth-order valence-corrected chi connectivity index (χ4v) is 5.28. The predicted molar refractivity (Wildman–Crippen MR) is 162 cm³/mol. The van der Waals surface area contributed by atoms with E-state index < -0.39 is 71.9 Å². The largest absolute Gasteiger partial charge is 0.448 e. The van der Waals surface area contributed by atoms with E-state index in [1.54, 1.807) is 12.2 Å². The number of carbonyl (C=O) groups is 2. The van der Waals surface area contributed by atoms with E-state index in [4.69, 9.17) is 15.2 Å². The summed E-state index contributed by atoms with van der Waals surface area (Å²) in [4.78, 5) is 25.2. The maximum Gasteiger partial charge on any atom is 0.408 e. The van der Waals surface area contributed by atoms with Crippen molar-refractivity contribution < 1.29 is 45.4 Å². The van der Waals surface area contributed by atoms with E-state index in [0.717, 1.165) is 6.92 Å². The second kappa shape index (κ2) is 15.6. The van der Waals surface area contributed by atoms with Crippen LogP contribution in [0.1, 0.15) is 42.9 Å². The van der Waals surface area contributed by atoms with Crippen LogP contribution in [0.2, 0.25) is 0 Å². The Morgan fingerprint density at radius 1 is 1.00 bits per heavy atom. The molecule has 5 atom stereocenters. The lowest BCUT2D eigenvalue weighted by molar-refractivity contribution is -0.150. The fourth-order valence-electron chi connectivity index (χ4n) is 5.28. The van der Waals surface area contributed by atoms with Gasteiger partial charge >= 0.3 is 12.3 Å². The number of anilines is 1. The van der Waals surface area contributed by atoms with E-state index in [1.165, 1.54) is 66.7 Å². The molecule has 1 saturated heterocycles. The van der Waals surface area contributed by atoms with Crippen molar-refractivity contribution in [3.63, 3.8) is 0 Å². The van der Waals surface area contributed by atoms with Crippen LogP contribution >= 0.6 is 0 Å². The molecular weight excluding hydrogens is 630 g/mol. The van der Waals surface area contributed by atoms with Gasteiger partial charge in [0, 0.05) is 23.7 Å². The molecule has 8 nitrogen and oxygen atoms in total. The summed E-state index contributed by atoms with van der Waals surface area (Å²) < 4.78 is 91.3. The first kappa shape index (κ1) is 35.7. The zero-order chi connectivity index (χ0) is 34.3. The van der Waals surface area contributed by atoms with Gasteiger partial charge < -0.3 is 31.2 Å². The SMILES string of the molecule is C[C@@H]1O[C@H](CCc2c(F)cccc2NC(=O)C(N)C(c2ccc(F)cc2)c2ccc(F)cc2)CN[C@@H]1COC(=O)N[C@@H](C)C(F)(F)F. The fraction of sp³-hybridized carbons (Fsp3) is 0.394. The van der Waals surface area contributed by atoms with Gasteiger partial charge in [0.2, 0.25) is 5.91 Å². The third kappa shape index (κ3) is 9.69. The Balaban J connectivity index is 1.37. The Bertz CT molecular complexity index is 1460. The van der Waals surface area contributed by atoms with Gasteiger partial charge in [0.1, 0.15) is 30.1 Å². The topological polar surface area (TPSA) is 115 Å². The molecule has 0 saturated carbocycles. The van der Waals surface area contributed by atoms with Crippen molar-refractivity contribution in [1.29, 1.82) is 0 Å². The van der Waals surface area contributed by atoms with Crippen molar-refractivity contribution in [3.8, 4) is 0 Å². The number of hydrogen-bond acceptors (Lipinski definition) is 6. The Kier molecular flexibility index (Phi) is 11.9. The van der Waals surface area contributed by atoms with Crippen LogP contribution in [0.5, 0.6) is 0 Å². The number of nitrogens with two attached hydrogens (primary N) is 1. The molecule has 1 aliphatic rings. The summed E-state index contributed by atoms with van der Waals surface area (Å²) in [5.74, 6) is -2.94. The van der Waals surface area contributed by atoms with E-state index in [0.29, 0.717) is 17.5 Å². The van der Waals surface area contributed by atoms with Crippen molar-refractivity contribution in [2.24, 2.45) is 5.73 Å². The smallest absolute Gasteiger partial charge is 0.408 e. The molecular formula is C33H36F6N4O4. The van der Waals surface area contributed by atoms with E-state index in [1.807, 2.05) is 0 Å². The third-order valence-corrected chi connectivity index (χ3v) is 8.01. The quantitative estimate of drug-likeness (QED) is 0.200. The number of morpholine rings is 1. The number of carbonyl (C=O) groups excluding carboxylic acids is 2. The van der Waals surface area contributed by atoms with Gasteiger partial charge in [-0.25, -0.2) is 18.0 Å². The van der Waals surface area contributed by atoms with Gasteiger partial charge in [-0.05, 0) is 74.2 Å². The van der Waals surface area contributed by atoms with Gasteiger partial charge in [-0.15, -0.1) is 0 Å². The van der Waals surface area contributed by atoms with Crippen molar-refractivity contribution in [3.05, 3.63) is 101 Å². The molecule has 47 heavy (non-hydrogen) atoms. The van der Waals surface area contributed by atoms with Crippen molar-refractivity contribution in [2.75, 3.05) is 18.5 Å². The number of alkyl halides is 3. The third-order valence-electron chi connectivity index (χ3n) is 8.01. The monoisotopic (exact) mass is 666 g/mol. The molecule has 0 aromatic heterocycles. The van der Waals surface area contributed by atoms with Gasteiger partial charge in [-0.2, -0.15) is 13.2 Å². The van der Waals surface area contributed by atoms with Gasteiger partial charge in [-0.1, -0.05) is 30.3 Å². The zero-order valence-corrected chi connectivity index (χ0v) is 25.6. The molecule has 0 bridgehead atoms. The van der Waals surface area contributed by atoms with Crippen LogP contribution in [0.4, 0.5) is 36.8 Å². The van der Waals surface area contributed by atoms with Crippen LogP contribution in [0, 0.1) is 17.5 Å². The Labute approximate surface area is 268 Å². The molecule has 1 aliphatic heterocycles. The summed E-state index contributed by atoms with van der Waals surface area (Å²) in [7, 11) is 0. The molecule has 1 unspecified atom stereocenters. The van der Waals surface area contributed by atoms with Crippen molar-refractivity contribution in [2.45, 2.75) is 69.1 Å². The number of hydrogen-bond donors (Lipinski definition) is 4. The van der Waals surface area contributed by atoms with Crippen LogP contribution in [-0.2, 0) is 20.7 Å². The summed E-state index contributed by atoms with van der Waals surface area (Å²) in [6.45, 7) is 2.57. The minimum Gasteiger partial charge on any atom is -0.448 e. The number of alkyl carbamates (subject to hydrolysis) is 1. The first-order chi connectivity index (χ1) is 22.2. The number of amides is 2. The van der Waals surface area contributed by atoms with Gasteiger partial charge in [0.05, 0.1) is 24.3 Å².